The third kappa shape index (κ3) is 1.26. The number of nitrogens with two attached hydrogens (primary N) is 1. The first-order valence-electron chi connectivity index (χ1n) is 3.30. The number of carbonyl (C=O) groups is 1. The van der Waals surface area contributed by atoms with Crippen LogP contribution in [-0.2, 0) is 4.79 Å². The summed E-state index contributed by atoms with van der Waals surface area (Å²) in [5.41, 5.74) is 4.95. The molecule has 0 spiro atoms. The number of carbonyl (C=O) groups excluding carboxylic acids is 1. The van der Waals surface area contributed by atoms with Gasteiger partial charge in [0.05, 0.1) is 6.04 Å². The van der Waals surface area contributed by atoms with Gasteiger partial charge in [0.2, 0.25) is 5.91 Å². The summed E-state index contributed by atoms with van der Waals surface area (Å²) in [6.45, 7) is 1.70. The monoisotopic (exact) mass is 146 g/mol. The Kier molecular flexibility index (Phi) is 1.89. The number of amides is 1. The van der Waals surface area contributed by atoms with E-state index in [2.05, 4.69) is 5.32 Å². The largest absolute Gasteiger partial charge is 0.368 e. The fourth-order valence-electron chi connectivity index (χ4n) is 1.12. The van der Waals surface area contributed by atoms with Crippen molar-refractivity contribution < 1.29 is 9.18 Å². The first kappa shape index (κ1) is 7.47. The Hall–Kier alpha value is -0.640. The second-order valence-electron chi connectivity index (χ2n) is 2.66. The van der Waals surface area contributed by atoms with Crippen molar-refractivity contribution in [2.45, 2.75) is 31.6 Å². The van der Waals surface area contributed by atoms with Gasteiger partial charge in [-0.15, -0.1) is 0 Å². The Morgan fingerprint density at radius 2 is 2.40 bits per heavy atom. The zero-order valence-electron chi connectivity index (χ0n) is 5.80. The van der Waals surface area contributed by atoms with Gasteiger partial charge in [0.15, 0.2) is 0 Å². The van der Waals surface area contributed by atoms with Crippen molar-refractivity contribution in [2.24, 2.45) is 5.73 Å². The lowest BCUT2D eigenvalue weighted by Gasteiger charge is -2.05. The van der Waals surface area contributed by atoms with Crippen LogP contribution in [0.1, 0.15) is 13.3 Å². The van der Waals surface area contributed by atoms with Crippen LogP contribution in [0, 0.1) is 0 Å². The van der Waals surface area contributed by atoms with Crippen LogP contribution in [0.3, 0.4) is 0 Å². The quantitative estimate of drug-likeness (QED) is 0.527. The average Bonchev–Trinajstić information content (AvgIpc) is 2.13. The molecule has 3 atom stereocenters. The van der Waals surface area contributed by atoms with Crippen LogP contribution in [0.2, 0.25) is 0 Å². The fourth-order valence-corrected chi connectivity index (χ4v) is 1.12. The molecule has 0 radical (unpaired) electrons. The molecule has 0 unspecified atom stereocenters. The Labute approximate surface area is 58.8 Å². The van der Waals surface area contributed by atoms with Gasteiger partial charge in [0.25, 0.3) is 0 Å². The highest BCUT2D eigenvalue weighted by Gasteiger charge is 2.33. The van der Waals surface area contributed by atoms with Gasteiger partial charge in [-0.3, -0.25) is 4.79 Å². The highest BCUT2D eigenvalue weighted by Crippen LogP contribution is 2.15. The molecule has 1 heterocycles. The van der Waals surface area contributed by atoms with Gasteiger partial charge in [-0.25, -0.2) is 4.39 Å². The topological polar surface area (TPSA) is 55.1 Å². The minimum atomic E-state index is -0.933. The summed E-state index contributed by atoms with van der Waals surface area (Å²) in [6.07, 6.45) is -0.714. The van der Waals surface area contributed by atoms with Crippen LogP contribution in [0.15, 0.2) is 0 Å². The van der Waals surface area contributed by atoms with Gasteiger partial charge < -0.3 is 11.1 Å². The lowest BCUT2D eigenvalue weighted by molar-refractivity contribution is -0.119. The minimum Gasteiger partial charge on any atom is -0.368 e. The summed E-state index contributed by atoms with van der Waals surface area (Å²) in [5.74, 6) is -0.466. The normalized spacial score (nSPS) is 40.0. The number of hydrogen-bond donors (Lipinski definition) is 2. The summed E-state index contributed by atoms with van der Waals surface area (Å²) in [6, 6.07) is -0.706. The van der Waals surface area contributed by atoms with Crippen molar-refractivity contribution in [3.8, 4) is 0 Å². The third-order valence-electron chi connectivity index (χ3n) is 1.81. The van der Waals surface area contributed by atoms with Crippen molar-refractivity contribution in [3.05, 3.63) is 0 Å². The first-order valence-corrected chi connectivity index (χ1v) is 3.30. The van der Waals surface area contributed by atoms with Crippen molar-refractivity contribution in [2.75, 3.05) is 0 Å². The summed E-state index contributed by atoms with van der Waals surface area (Å²) < 4.78 is 12.7. The maximum absolute atomic E-state index is 12.7. The Balaban J connectivity index is 2.49. The van der Waals surface area contributed by atoms with Gasteiger partial charge in [-0.1, -0.05) is 0 Å². The smallest absolute Gasteiger partial charge is 0.234 e. The summed E-state index contributed by atoms with van der Waals surface area (Å²) in [5, 5.41) is 2.75. The molecule has 0 aromatic carbocycles. The highest BCUT2D eigenvalue weighted by atomic mass is 19.1. The zero-order valence-corrected chi connectivity index (χ0v) is 5.80. The molecule has 1 aliphatic rings. The van der Waals surface area contributed by atoms with Gasteiger partial charge >= 0.3 is 0 Å². The Bertz CT molecular complexity index is 141. The lowest BCUT2D eigenvalue weighted by Crippen LogP contribution is -2.38. The van der Waals surface area contributed by atoms with Crippen molar-refractivity contribution in [1.82, 2.24) is 5.32 Å². The summed E-state index contributed by atoms with van der Waals surface area (Å²) in [4.78, 5) is 10.5. The SMILES string of the molecule is C[C@@H]1N[C@H](C(N)=O)C[C@H]1F. The summed E-state index contributed by atoms with van der Waals surface area (Å²) >= 11 is 0. The van der Waals surface area contributed by atoms with E-state index in [-0.39, 0.29) is 12.5 Å². The van der Waals surface area contributed by atoms with Crippen molar-refractivity contribution in [1.29, 1.82) is 0 Å². The highest BCUT2D eigenvalue weighted by molar-refractivity contribution is 5.80. The number of nitrogens with one attached hydrogen (secondary N) is 1. The second-order valence-corrected chi connectivity index (χ2v) is 2.66. The molecule has 58 valence electrons. The molecule has 1 amide bonds. The van der Waals surface area contributed by atoms with Gasteiger partial charge in [-0.05, 0) is 6.92 Å². The zero-order chi connectivity index (χ0) is 7.72. The molecule has 1 saturated heterocycles. The number of halogens is 1. The lowest BCUT2D eigenvalue weighted by atomic mass is 10.2. The van der Waals surface area contributed by atoms with Crippen molar-refractivity contribution >= 4 is 5.91 Å². The van der Waals surface area contributed by atoms with E-state index in [9.17, 15) is 9.18 Å². The van der Waals surface area contributed by atoms with E-state index in [0.29, 0.717) is 0 Å². The van der Waals surface area contributed by atoms with Crippen LogP contribution >= 0.6 is 0 Å². The van der Waals surface area contributed by atoms with E-state index < -0.39 is 18.1 Å². The molecule has 1 aliphatic heterocycles. The predicted molar refractivity (Wildman–Crippen MR) is 35.1 cm³/mol. The van der Waals surface area contributed by atoms with E-state index >= 15 is 0 Å². The summed E-state index contributed by atoms with van der Waals surface area (Å²) in [7, 11) is 0. The molecule has 10 heavy (non-hydrogen) atoms. The molecule has 0 aliphatic carbocycles. The fraction of sp³-hybridized carbons (Fsp3) is 0.833. The van der Waals surface area contributed by atoms with Crippen LogP contribution < -0.4 is 11.1 Å². The molecule has 0 saturated carbocycles. The Morgan fingerprint density at radius 3 is 2.60 bits per heavy atom. The molecular weight excluding hydrogens is 135 g/mol. The van der Waals surface area contributed by atoms with E-state index in [1.165, 1.54) is 0 Å². The molecule has 0 aromatic rings. The molecule has 0 aromatic heterocycles. The second kappa shape index (κ2) is 2.54. The standard InChI is InChI=1S/C6H11FN2O/c1-3-4(7)2-5(9-3)6(8)10/h3-5,9H,2H2,1H3,(H2,8,10)/t3-,4+,5-/m0/s1. The number of alkyl halides is 1. The Morgan fingerprint density at radius 1 is 1.80 bits per heavy atom. The molecule has 4 heteroatoms. The molecular formula is C6H11FN2O. The average molecular weight is 146 g/mol. The molecule has 3 N–H and O–H groups in total. The number of rotatable bonds is 1. The van der Waals surface area contributed by atoms with Crippen molar-refractivity contribution in [3.63, 3.8) is 0 Å². The van der Waals surface area contributed by atoms with Crippen LogP contribution in [-0.4, -0.2) is 24.2 Å². The number of hydrogen-bond acceptors (Lipinski definition) is 2. The minimum absolute atomic E-state index is 0.219. The predicted octanol–water partition coefficient (Wildman–Crippen LogP) is -0.440. The van der Waals surface area contributed by atoms with Crippen LogP contribution in [0.5, 0.6) is 0 Å². The van der Waals surface area contributed by atoms with Gasteiger partial charge in [0.1, 0.15) is 6.17 Å². The van der Waals surface area contributed by atoms with E-state index in [0.717, 1.165) is 0 Å². The molecule has 1 fully saturated rings. The van der Waals surface area contributed by atoms with Gasteiger partial charge in [-0.2, -0.15) is 0 Å². The molecule has 3 nitrogen and oxygen atoms in total. The molecule has 1 rings (SSSR count). The van der Waals surface area contributed by atoms with Crippen LogP contribution in [0.25, 0.3) is 0 Å². The first-order chi connectivity index (χ1) is 4.61. The van der Waals surface area contributed by atoms with E-state index in [1.54, 1.807) is 6.92 Å². The molecule has 0 bridgehead atoms. The van der Waals surface area contributed by atoms with E-state index in [4.69, 9.17) is 5.73 Å². The van der Waals surface area contributed by atoms with E-state index in [1.807, 2.05) is 0 Å². The number of primary amides is 1. The third-order valence-corrected chi connectivity index (χ3v) is 1.81. The van der Waals surface area contributed by atoms with Gasteiger partial charge in [0, 0.05) is 12.5 Å². The maximum atomic E-state index is 12.7. The maximum Gasteiger partial charge on any atom is 0.234 e. The van der Waals surface area contributed by atoms with Crippen LogP contribution in [0.4, 0.5) is 4.39 Å².